The molecule has 0 fully saturated rings. The Hall–Kier alpha value is -1.06. The van der Waals surface area contributed by atoms with Gasteiger partial charge in [-0.1, -0.05) is 43.7 Å². The van der Waals surface area contributed by atoms with E-state index < -0.39 is 0 Å². The van der Waals surface area contributed by atoms with Crippen LogP contribution in [0.1, 0.15) is 47.3 Å². The summed E-state index contributed by atoms with van der Waals surface area (Å²) < 4.78 is 5.73. The minimum absolute atomic E-state index is 0. The fraction of sp³-hybridized carbons (Fsp3) is 0.381. The van der Waals surface area contributed by atoms with Gasteiger partial charge in [-0.25, -0.2) is 0 Å². The van der Waals surface area contributed by atoms with Gasteiger partial charge in [0.25, 0.3) is 0 Å². The molecule has 0 spiro atoms. The maximum absolute atomic E-state index is 12.7. The fourth-order valence-electron chi connectivity index (χ4n) is 2.78. The molecule has 0 heterocycles. The molecule has 2 aromatic rings. The summed E-state index contributed by atoms with van der Waals surface area (Å²) in [5.74, 6) is 1.52. The number of rotatable bonds is 7. The second kappa shape index (κ2) is 10.2. The number of benzene rings is 2. The molecule has 0 aliphatic heterocycles. The Morgan fingerprint density at radius 1 is 1.04 bits per heavy atom. The normalized spacial score (nSPS) is 11.0. The molecule has 0 saturated heterocycles. The molecule has 130 valence electrons. The van der Waals surface area contributed by atoms with Gasteiger partial charge in [0, 0.05) is 5.56 Å². The van der Waals surface area contributed by atoms with Gasteiger partial charge in [-0.15, -0.1) is 0 Å². The minimum atomic E-state index is 0. The number of hydrogen-bond donors (Lipinski definition) is 0. The second-order valence-electron chi connectivity index (χ2n) is 6.78. The zero-order chi connectivity index (χ0) is 17.7. The zero-order valence-corrected chi connectivity index (χ0v) is 16.3. The van der Waals surface area contributed by atoms with E-state index >= 15 is 0 Å². The molecule has 2 nitrogen and oxygen atoms in total. The number of ether oxygens (including phenoxy) is 1. The van der Waals surface area contributed by atoms with Gasteiger partial charge in [0.05, 0.1) is 6.61 Å². The molecular formula is C21H28LiO2P. The van der Waals surface area contributed by atoms with Crippen LogP contribution in [-0.2, 0) is 0 Å². The van der Waals surface area contributed by atoms with Crippen molar-refractivity contribution >= 4 is 38.3 Å². The van der Waals surface area contributed by atoms with E-state index in [1.165, 1.54) is 5.56 Å². The Morgan fingerprint density at radius 2 is 1.60 bits per heavy atom. The molecule has 0 amide bonds. The Bertz CT molecular complexity index is 685. The average molecular weight is 350 g/mol. The Balaban J connectivity index is 0.00000312. The third-order valence-corrected chi connectivity index (χ3v) is 5.08. The van der Waals surface area contributed by atoms with Gasteiger partial charge in [-0.3, -0.25) is 4.79 Å². The molecule has 0 aliphatic rings. The number of hydrogen-bond acceptors (Lipinski definition) is 2. The first-order chi connectivity index (χ1) is 11.4. The number of aryl methyl sites for hydroxylation is 3. The van der Waals surface area contributed by atoms with E-state index in [0.29, 0.717) is 5.92 Å². The summed E-state index contributed by atoms with van der Waals surface area (Å²) >= 11 is 0. The van der Waals surface area contributed by atoms with Gasteiger partial charge in [0.15, 0.2) is 5.52 Å². The van der Waals surface area contributed by atoms with Crippen molar-refractivity contribution < 1.29 is 9.53 Å². The van der Waals surface area contributed by atoms with Crippen LogP contribution in [0.5, 0.6) is 5.75 Å². The van der Waals surface area contributed by atoms with Crippen LogP contribution in [0.2, 0.25) is 0 Å². The van der Waals surface area contributed by atoms with Crippen molar-refractivity contribution in [2.75, 3.05) is 6.61 Å². The van der Waals surface area contributed by atoms with E-state index in [9.17, 15) is 4.79 Å². The Kier molecular flexibility index (Phi) is 8.95. The Labute approximate surface area is 165 Å². The molecule has 0 N–H and O–H groups in total. The third-order valence-electron chi connectivity index (χ3n) is 3.98. The SMILES string of the molecule is Cc1cc(C)c(C(=O)Pc2ccc(OCCC(C)C)cc2)c(C)c1.[LiH]. The Morgan fingerprint density at radius 3 is 2.12 bits per heavy atom. The van der Waals surface area contributed by atoms with E-state index in [-0.39, 0.29) is 33.0 Å². The van der Waals surface area contributed by atoms with Crippen LogP contribution in [0.3, 0.4) is 0 Å². The number of carbonyl (C=O) groups is 1. The molecule has 4 heteroatoms. The molecule has 0 bridgehead atoms. The van der Waals surface area contributed by atoms with Crippen molar-refractivity contribution in [1.29, 1.82) is 0 Å². The van der Waals surface area contributed by atoms with Crippen LogP contribution >= 0.6 is 8.58 Å². The molecule has 0 radical (unpaired) electrons. The molecule has 0 aromatic heterocycles. The van der Waals surface area contributed by atoms with Crippen molar-refractivity contribution in [3.05, 3.63) is 58.7 Å². The number of carbonyl (C=O) groups excluding carboxylic acids is 1. The van der Waals surface area contributed by atoms with Gasteiger partial charge >= 0.3 is 18.9 Å². The predicted octanol–water partition coefficient (Wildman–Crippen LogP) is 4.53. The first-order valence-corrected chi connectivity index (χ1v) is 9.49. The molecule has 2 rings (SSSR count). The average Bonchev–Trinajstić information content (AvgIpc) is 2.47. The van der Waals surface area contributed by atoms with Gasteiger partial charge in [0.1, 0.15) is 5.75 Å². The fourth-order valence-corrected chi connectivity index (χ4v) is 3.89. The van der Waals surface area contributed by atoms with Crippen molar-refractivity contribution in [3.8, 4) is 5.75 Å². The summed E-state index contributed by atoms with van der Waals surface area (Å²) in [6.07, 6.45) is 1.05. The monoisotopic (exact) mass is 350 g/mol. The van der Waals surface area contributed by atoms with Gasteiger partial charge < -0.3 is 4.74 Å². The summed E-state index contributed by atoms with van der Waals surface area (Å²) in [5, 5.41) is 1.05. The molecular weight excluding hydrogens is 322 g/mol. The van der Waals surface area contributed by atoms with E-state index in [2.05, 4.69) is 32.9 Å². The molecule has 25 heavy (non-hydrogen) atoms. The second-order valence-corrected chi connectivity index (χ2v) is 8.06. The molecule has 2 aromatic carbocycles. The van der Waals surface area contributed by atoms with Crippen LogP contribution in [0.15, 0.2) is 36.4 Å². The standard InChI is InChI=1S/C21H27O2P.Li.H/c1-14(2)10-11-23-18-6-8-19(9-7-18)24-21(22)20-16(4)12-15(3)13-17(20)5;;/h6-9,12-14,24H,10-11H2,1-5H3;;. The van der Waals surface area contributed by atoms with Crippen LogP contribution in [-0.4, -0.2) is 31.0 Å². The van der Waals surface area contributed by atoms with Crippen LogP contribution in [0.25, 0.3) is 0 Å². The van der Waals surface area contributed by atoms with E-state index in [0.717, 1.165) is 40.8 Å². The summed E-state index contributed by atoms with van der Waals surface area (Å²) in [5.41, 5.74) is 4.42. The van der Waals surface area contributed by atoms with Gasteiger partial charge in [0.2, 0.25) is 0 Å². The molecule has 1 atom stereocenters. The van der Waals surface area contributed by atoms with Crippen molar-refractivity contribution in [3.63, 3.8) is 0 Å². The van der Waals surface area contributed by atoms with Crippen molar-refractivity contribution in [2.24, 2.45) is 5.92 Å². The van der Waals surface area contributed by atoms with Gasteiger partial charge in [-0.05, 0) is 70.3 Å². The van der Waals surface area contributed by atoms with Crippen molar-refractivity contribution in [2.45, 2.75) is 41.0 Å². The van der Waals surface area contributed by atoms with Crippen LogP contribution in [0.4, 0.5) is 0 Å². The van der Waals surface area contributed by atoms with E-state index in [4.69, 9.17) is 4.74 Å². The van der Waals surface area contributed by atoms with E-state index in [1.807, 2.05) is 38.1 Å². The first-order valence-electron chi connectivity index (χ1n) is 8.49. The molecule has 0 aliphatic carbocycles. The quantitative estimate of drug-likeness (QED) is 0.542. The summed E-state index contributed by atoms with van der Waals surface area (Å²) in [7, 11) is 0.146. The maximum atomic E-state index is 12.7. The first kappa shape index (κ1) is 22.0. The van der Waals surface area contributed by atoms with E-state index in [1.54, 1.807) is 0 Å². The molecule has 0 saturated carbocycles. The van der Waals surface area contributed by atoms with Crippen LogP contribution < -0.4 is 10.0 Å². The third kappa shape index (κ3) is 6.63. The van der Waals surface area contributed by atoms with Crippen LogP contribution in [0, 0.1) is 26.7 Å². The summed E-state index contributed by atoms with van der Waals surface area (Å²) in [6, 6.07) is 12.1. The topological polar surface area (TPSA) is 26.3 Å². The zero-order valence-electron chi connectivity index (χ0n) is 15.3. The molecule has 1 unspecified atom stereocenters. The van der Waals surface area contributed by atoms with Crippen molar-refractivity contribution in [1.82, 2.24) is 0 Å². The van der Waals surface area contributed by atoms with Gasteiger partial charge in [-0.2, -0.15) is 0 Å². The summed E-state index contributed by atoms with van der Waals surface area (Å²) in [4.78, 5) is 12.7. The predicted molar refractivity (Wildman–Crippen MR) is 111 cm³/mol. The summed E-state index contributed by atoms with van der Waals surface area (Å²) in [6.45, 7) is 11.2.